The Hall–Kier alpha value is -0.900. The fourth-order valence-electron chi connectivity index (χ4n) is 2.80. The van der Waals surface area contributed by atoms with Crippen LogP contribution >= 0.6 is 0 Å². The zero-order valence-electron chi connectivity index (χ0n) is 14.0. The summed E-state index contributed by atoms with van der Waals surface area (Å²) in [5, 5.41) is 3.69. The summed E-state index contributed by atoms with van der Waals surface area (Å²) >= 11 is 0. The smallest absolute Gasteiger partial charge is 0.0594 e. The topological polar surface area (TPSA) is 24.5 Å². The summed E-state index contributed by atoms with van der Waals surface area (Å²) in [6.45, 7) is 14.9. The van der Waals surface area contributed by atoms with Crippen molar-refractivity contribution in [1.29, 1.82) is 0 Å². The molecule has 0 aromatic heterocycles. The molecule has 0 saturated carbocycles. The van der Waals surface area contributed by atoms with Crippen molar-refractivity contribution in [2.45, 2.75) is 38.6 Å². The second-order valence-corrected chi connectivity index (χ2v) is 7.42. The van der Waals surface area contributed by atoms with Crippen LogP contribution in [0, 0.1) is 0 Å². The Morgan fingerprint density at radius 1 is 1.05 bits per heavy atom. The lowest BCUT2D eigenvalue weighted by molar-refractivity contribution is 0.0276. The van der Waals surface area contributed by atoms with Gasteiger partial charge in [0.2, 0.25) is 0 Å². The van der Waals surface area contributed by atoms with Crippen LogP contribution in [0.1, 0.15) is 33.3 Å². The zero-order valence-corrected chi connectivity index (χ0v) is 14.0. The van der Waals surface area contributed by atoms with Gasteiger partial charge in [0.25, 0.3) is 0 Å². The van der Waals surface area contributed by atoms with Crippen LogP contribution in [0.15, 0.2) is 30.3 Å². The van der Waals surface area contributed by atoms with E-state index in [1.54, 1.807) is 0 Å². The fourth-order valence-corrected chi connectivity index (χ4v) is 2.80. The molecule has 1 aromatic carbocycles. The minimum absolute atomic E-state index is 0.117. The van der Waals surface area contributed by atoms with Gasteiger partial charge in [-0.25, -0.2) is 0 Å². The van der Waals surface area contributed by atoms with E-state index in [9.17, 15) is 0 Å². The average molecular weight is 290 g/mol. The molecule has 1 unspecified atom stereocenters. The van der Waals surface area contributed by atoms with Crippen molar-refractivity contribution in [1.82, 2.24) is 10.2 Å². The average Bonchev–Trinajstić information content (AvgIpc) is 2.47. The lowest BCUT2D eigenvalue weighted by Gasteiger charge is -2.39. The maximum absolute atomic E-state index is 5.48. The van der Waals surface area contributed by atoms with Gasteiger partial charge in [-0.2, -0.15) is 0 Å². The second kappa shape index (κ2) is 6.91. The van der Waals surface area contributed by atoms with Crippen molar-refractivity contribution in [3.05, 3.63) is 35.9 Å². The van der Waals surface area contributed by atoms with Crippen molar-refractivity contribution in [3.63, 3.8) is 0 Å². The summed E-state index contributed by atoms with van der Waals surface area (Å²) < 4.78 is 5.48. The molecule has 1 aromatic rings. The summed E-state index contributed by atoms with van der Waals surface area (Å²) in [5.41, 5.74) is 1.67. The van der Waals surface area contributed by atoms with Gasteiger partial charge >= 0.3 is 0 Å². The molecule has 3 nitrogen and oxygen atoms in total. The summed E-state index contributed by atoms with van der Waals surface area (Å²) in [4.78, 5) is 2.53. The van der Waals surface area contributed by atoms with Crippen LogP contribution in [0.3, 0.4) is 0 Å². The number of hydrogen-bond acceptors (Lipinski definition) is 3. The fraction of sp³-hybridized carbons (Fsp3) is 0.667. The predicted octanol–water partition coefficient (Wildman–Crippen LogP) is 2.66. The van der Waals surface area contributed by atoms with Gasteiger partial charge in [0.1, 0.15) is 0 Å². The highest BCUT2D eigenvalue weighted by atomic mass is 16.5. The maximum Gasteiger partial charge on any atom is 0.0594 e. The Morgan fingerprint density at radius 3 is 2.24 bits per heavy atom. The van der Waals surface area contributed by atoms with E-state index in [0.717, 1.165) is 39.4 Å². The molecule has 118 valence electrons. The van der Waals surface area contributed by atoms with Crippen molar-refractivity contribution < 1.29 is 4.74 Å². The Labute approximate surface area is 129 Å². The van der Waals surface area contributed by atoms with E-state index in [1.165, 1.54) is 5.56 Å². The number of nitrogens with zero attached hydrogens (tertiary/aromatic N) is 1. The lowest BCUT2D eigenvalue weighted by Crippen LogP contribution is -2.51. The number of hydrogen-bond donors (Lipinski definition) is 1. The molecule has 2 rings (SSSR count). The molecule has 1 aliphatic rings. The monoisotopic (exact) mass is 290 g/mol. The van der Waals surface area contributed by atoms with Crippen LogP contribution in [0.2, 0.25) is 0 Å². The normalized spacial score (nSPS) is 20.2. The predicted molar refractivity (Wildman–Crippen MR) is 88.8 cm³/mol. The third-order valence-corrected chi connectivity index (χ3v) is 4.16. The van der Waals surface area contributed by atoms with Crippen LogP contribution in [0.4, 0.5) is 0 Å². The van der Waals surface area contributed by atoms with Crippen molar-refractivity contribution in [2.24, 2.45) is 0 Å². The first-order valence-corrected chi connectivity index (χ1v) is 8.00. The molecule has 0 amide bonds. The Balaban J connectivity index is 2.12. The SMILES string of the molecule is CC(C)(C)NCC(C)(CN1CCOCC1)c1ccccc1. The Kier molecular flexibility index (Phi) is 5.42. The van der Waals surface area contributed by atoms with Gasteiger partial charge in [0, 0.05) is 37.1 Å². The van der Waals surface area contributed by atoms with Crippen LogP contribution < -0.4 is 5.32 Å². The van der Waals surface area contributed by atoms with Gasteiger partial charge < -0.3 is 10.1 Å². The highest BCUT2D eigenvalue weighted by Crippen LogP contribution is 2.25. The molecule has 1 N–H and O–H groups in total. The molecular weight excluding hydrogens is 260 g/mol. The maximum atomic E-state index is 5.48. The molecule has 3 heteroatoms. The van der Waals surface area contributed by atoms with Gasteiger partial charge in [-0.3, -0.25) is 4.90 Å². The number of rotatable bonds is 5. The lowest BCUT2D eigenvalue weighted by atomic mass is 9.81. The molecule has 1 saturated heterocycles. The van der Waals surface area contributed by atoms with Crippen LogP contribution in [-0.2, 0) is 10.2 Å². The van der Waals surface area contributed by atoms with Crippen molar-refractivity contribution >= 4 is 0 Å². The van der Waals surface area contributed by atoms with Crippen LogP contribution in [-0.4, -0.2) is 49.8 Å². The van der Waals surface area contributed by atoms with Gasteiger partial charge in [0.05, 0.1) is 13.2 Å². The summed E-state index contributed by atoms with van der Waals surface area (Å²) in [5.74, 6) is 0. The number of benzene rings is 1. The minimum Gasteiger partial charge on any atom is -0.379 e. The van der Waals surface area contributed by atoms with Crippen molar-refractivity contribution in [2.75, 3.05) is 39.4 Å². The molecule has 0 bridgehead atoms. The van der Waals surface area contributed by atoms with E-state index < -0.39 is 0 Å². The summed E-state index contributed by atoms with van der Waals surface area (Å²) in [6.07, 6.45) is 0. The van der Waals surface area contributed by atoms with E-state index in [-0.39, 0.29) is 11.0 Å². The first-order chi connectivity index (χ1) is 9.89. The molecule has 0 radical (unpaired) electrons. The second-order valence-electron chi connectivity index (χ2n) is 7.42. The molecule has 21 heavy (non-hydrogen) atoms. The van der Waals surface area contributed by atoms with E-state index in [4.69, 9.17) is 4.74 Å². The van der Waals surface area contributed by atoms with Crippen LogP contribution in [0.5, 0.6) is 0 Å². The Bertz CT molecular complexity index is 421. The van der Waals surface area contributed by atoms with Crippen LogP contribution in [0.25, 0.3) is 0 Å². The Morgan fingerprint density at radius 2 is 1.67 bits per heavy atom. The van der Waals surface area contributed by atoms with Gasteiger partial charge in [-0.15, -0.1) is 0 Å². The van der Waals surface area contributed by atoms with E-state index in [1.807, 2.05) is 0 Å². The highest BCUT2D eigenvalue weighted by Gasteiger charge is 2.31. The number of ether oxygens (including phenoxy) is 1. The first kappa shape index (κ1) is 16.5. The molecule has 1 atom stereocenters. The zero-order chi connectivity index (χ0) is 15.3. The molecule has 1 aliphatic heterocycles. The quantitative estimate of drug-likeness (QED) is 0.902. The summed E-state index contributed by atoms with van der Waals surface area (Å²) in [7, 11) is 0. The molecule has 1 fully saturated rings. The van der Waals surface area contributed by atoms with E-state index in [0.29, 0.717) is 0 Å². The highest BCUT2D eigenvalue weighted by molar-refractivity contribution is 5.26. The van der Waals surface area contributed by atoms with Gasteiger partial charge in [0.15, 0.2) is 0 Å². The van der Waals surface area contributed by atoms with Crippen molar-refractivity contribution in [3.8, 4) is 0 Å². The molecule has 0 aliphatic carbocycles. The standard InChI is InChI=1S/C18H30N2O/c1-17(2,3)19-14-18(4,16-8-6-5-7-9-16)15-20-10-12-21-13-11-20/h5-9,19H,10-15H2,1-4H3. The minimum atomic E-state index is 0.117. The van der Waals surface area contributed by atoms with E-state index in [2.05, 4.69) is 68.2 Å². The first-order valence-electron chi connectivity index (χ1n) is 8.00. The number of morpholine rings is 1. The largest absolute Gasteiger partial charge is 0.379 e. The summed E-state index contributed by atoms with van der Waals surface area (Å²) in [6, 6.07) is 10.9. The molecular formula is C18H30N2O. The molecule has 1 heterocycles. The number of nitrogens with one attached hydrogen (secondary N) is 1. The van der Waals surface area contributed by atoms with E-state index >= 15 is 0 Å². The van der Waals surface area contributed by atoms with Gasteiger partial charge in [-0.05, 0) is 26.3 Å². The third kappa shape index (κ3) is 5.10. The molecule has 0 spiro atoms. The third-order valence-electron chi connectivity index (χ3n) is 4.16. The van der Waals surface area contributed by atoms with Gasteiger partial charge in [-0.1, -0.05) is 37.3 Å².